The van der Waals surface area contributed by atoms with Gasteiger partial charge in [0.2, 0.25) is 5.01 Å². The van der Waals surface area contributed by atoms with Crippen LogP contribution in [0.5, 0.6) is 5.75 Å². The third-order valence-corrected chi connectivity index (χ3v) is 6.75. The number of alkyl halides is 3. The molecular formula is C23H22F3N5OS. The summed E-state index contributed by atoms with van der Waals surface area (Å²) in [5.41, 5.74) is 2.69. The minimum Gasteiger partial charge on any atom is -0.508 e. The number of hydrogen-bond acceptors (Lipinski definition) is 7. The highest BCUT2D eigenvalue weighted by molar-refractivity contribution is 7.16. The van der Waals surface area contributed by atoms with Crippen molar-refractivity contribution in [2.45, 2.75) is 25.1 Å². The van der Waals surface area contributed by atoms with E-state index in [2.05, 4.69) is 15.6 Å². The zero-order chi connectivity index (χ0) is 23.0. The second-order valence-electron chi connectivity index (χ2n) is 8.07. The summed E-state index contributed by atoms with van der Waals surface area (Å²) in [4.78, 5) is 10.8. The SMILES string of the molecule is Oc1ccc(CC[C@H]2CN(C3=Nc4ccccc4Nc4sc(C(F)(F)F)nc43)CCN2)cc1. The van der Waals surface area contributed by atoms with Gasteiger partial charge in [0, 0.05) is 25.7 Å². The van der Waals surface area contributed by atoms with Gasteiger partial charge in [0.15, 0.2) is 5.84 Å². The molecule has 1 aromatic heterocycles. The van der Waals surface area contributed by atoms with Crippen LogP contribution in [0.25, 0.3) is 0 Å². The number of phenols is 1. The summed E-state index contributed by atoms with van der Waals surface area (Å²) in [6.07, 6.45) is -2.84. The van der Waals surface area contributed by atoms with Gasteiger partial charge in [-0.1, -0.05) is 35.6 Å². The molecule has 2 aliphatic heterocycles. The zero-order valence-electron chi connectivity index (χ0n) is 17.6. The summed E-state index contributed by atoms with van der Waals surface area (Å²) in [6.45, 7) is 1.92. The van der Waals surface area contributed by atoms with Crippen LogP contribution in [0, 0.1) is 0 Å². The van der Waals surface area contributed by atoms with Crippen LogP contribution < -0.4 is 10.6 Å². The molecule has 0 saturated carbocycles. The van der Waals surface area contributed by atoms with Gasteiger partial charge in [-0.25, -0.2) is 9.98 Å². The number of aromatic nitrogens is 1. The minimum atomic E-state index is -4.51. The van der Waals surface area contributed by atoms with Crippen LogP contribution in [0.15, 0.2) is 53.5 Å². The Morgan fingerprint density at radius 2 is 1.91 bits per heavy atom. The van der Waals surface area contributed by atoms with E-state index in [0.29, 0.717) is 53.2 Å². The highest BCUT2D eigenvalue weighted by Gasteiger charge is 2.38. The van der Waals surface area contributed by atoms with Gasteiger partial charge in [-0.15, -0.1) is 0 Å². The van der Waals surface area contributed by atoms with Gasteiger partial charge in [0.1, 0.15) is 16.4 Å². The summed E-state index contributed by atoms with van der Waals surface area (Å²) >= 11 is 0.606. The first-order valence-electron chi connectivity index (χ1n) is 10.7. The Labute approximate surface area is 192 Å². The first-order chi connectivity index (χ1) is 15.9. The van der Waals surface area contributed by atoms with Crippen LogP contribution in [0.3, 0.4) is 0 Å². The van der Waals surface area contributed by atoms with E-state index in [0.717, 1.165) is 18.4 Å². The largest absolute Gasteiger partial charge is 0.508 e. The lowest BCUT2D eigenvalue weighted by Gasteiger charge is -2.35. The topological polar surface area (TPSA) is 72.8 Å². The highest BCUT2D eigenvalue weighted by Crippen LogP contribution is 2.42. The summed E-state index contributed by atoms with van der Waals surface area (Å²) in [6, 6.07) is 14.6. The van der Waals surface area contributed by atoms with E-state index in [1.807, 2.05) is 35.2 Å². The monoisotopic (exact) mass is 473 g/mol. The molecule has 0 spiro atoms. The molecule has 3 N–H and O–H groups in total. The Bertz CT molecular complexity index is 1180. The number of phenolic OH excluding ortho intramolecular Hbond substituents is 1. The minimum absolute atomic E-state index is 0.144. The van der Waals surface area contributed by atoms with Crippen LogP contribution in [0.1, 0.15) is 22.7 Å². The average Bonchev–Trinajstić information content (AvgIpc) is 3.16. The molecule has 3 aromatic rings. The predicted octanol–water partition coefficient (Wildman–Crippen LogP) is 4.91. The van der Waals surface area contributed by atoms with E-state index in [4.69, 9.17) is 4.99 Å². The van der Waals surface area contributed by atoms with Gasteiger partial charge in [-0.05, 0) is 42.7 Å². The number of rotatable bonds is 3. The molecule has 0 aliphatic carbocycles. The van der Waals surface area contributed by atoms with Crippen LogP contribution in [0.2, 0.25) is 0 Å². The fourth-order valence-corrected chi connectivity index (χ4v) is 4.92. The summed E-state index contributed by atoms with van der Waals surface area (Å²) < 4.78 is 40.3. The Hall–Kier alpha value is -3.11. The van der Waals surface area contributed by atoms with E-state index in [9.17, 15) is 18.3 Å². The molecule has 1 atom stereocenters. The molecular weight excluding hydrogens is 451 g/mol. The lowest BCUT2D eigenvalue weighted by Crippen LogP contribution is -2.53. The normalized spacial score (nSPS) is 18.1. The number of aliphatic imine (C=N–C) groups is 1. The number of nitrogens with zero attached hydrogens (tertiary/aromatic N) is 3. The maximum atomic E-state index is 13.4. The Morgan fingerprint density at radius 1 is 1.12 bits per heavy atom. The third kappa shape index (κ3) is 4.67. The number of benzene rings is 2. The molecule has 1 fully saturated rings. The summed E-state index contributed by atoms with van der Waals surface area (Å²) in [5, 5.41) is 15.5. The molecule has 33 heavy (non-hydrogen) atoms. The molecule has 6 nitrogen and oxygen atoms in total. The lowest BCUT2D eigenvalue weighted by molar-refractivity contribution is -0.137. The van der Waals surface area contributed by atoms with E-state index in [-0.39, 0.29) is 17.5 Å². The number of thiazole rings is 1. The second-order valence-corrected chi connectivity index (χ2v) is 9.07. The van der Waals surface area contributed by atoms with Gasteiger partial charge in [-0.2, -0.15) is 13.2 Å². The number of piperazine rings is 1. The number of halogens is 3. The molecule has 1 saturated heterocycles. The van der Waals surface area contributed by atoms with Crippen LogP contribution in [-0.2, 0) is 12.6 Å². The van der Waals surface area contributed by atoms with E-state index >= 15 is 0 Å². The maximum Gasteiger partial charge on any atom is 0.443 e. The van der Waals surface area contributed by atoms with E-state index in [1.165, 1.54) is 0 Å². The Balaban J connectivity index is 1.42. The van der Waals surface area contributed by atoms with Crippen molar-refractivity contribution in [3.05, 3.63) is 64.8 Å². The van der Waals surface area contributed by atoms with Crippen molar-refractivity contribution in [1.29, 1.82) is 0 Å². The molecule has 172 valence electrons. The maximum absolute atomic E-state index is 13.4. The summed E-state index contributed by atoms with van der Waals surface area (Å²) in [5.74, 6) is 0.698. The Kier molecular flexibility index (Phi) is 5.71. The van der Waals surface area contributed by atoms with Gasteiger partial charge in [-0.3, -0.25) is 0 Å². The van der Waals surface area contributed by atoms with Crippen molar-refractivity contribution < 1.29 is 18.3 Å². The number of aryl methyl sites for hydroxylation is 1. The van der Waals surface area contributed by atoms with Crippen LogP contribution >= 0.6 is 11.3 Å². The quantitative estimate of drug-likeness (QED) is 0.504. The van der Waals surface area contributed by atoms with Gasteiger partial charge < -0.3 is 20.6 Å². The fraction of sp³-hybridized carbons (Fsp3) is 0.304. The third-order valence-electron chi connectivity index (χ3n) is 5.73. The van der Waals surface area contributed by atoms with Crippen molar-refractivity contribution >= 4 is 33.5 Å². The first-order valence-corrected chi connectivity index (χ1v) is 11.5. The molecule has 2 aliphatic rings. The molecule has 2 aromatic carbocycles. The van der Waals surface area contributed by atoms with Crippen LogP contribution in [-0.4, -0.2) is 46.5 Å². The fourth-order valence-electron chi connectivity index (χ4n) is 4.08. The van der Waals surface area contributed by atoms with Crippen molar-refractivity contribution in [2.75, 3.05) is 25.0 Å². The number of amidine groups is 1. The van der Waals surface area contributed by atoms with Crippen LogP contribution in [0.4, 0.5) is 29.5 Å². The molecule has 5 rings (SSSR count). The number of nitrogens with one attached hydrogen (secondary N) is 2. The predicted molar refractivity (Wildman–Crippen MR) is 123 cm³/mol. The molecule has 0 bridgehead atoms. The molecule has 0 radical (unpaired) electrons. The van der Waals surface area contributed by atoms with Crippen molar-refractivity contribution in [2.24, 2.45) is 4.99 Å². The van der Waals surface area contributed by atoms with E-state index < -0.39 is 11.2 Å². The second kappa shape index (κ2) is 8.68. The molecule has 10 heteroatoms. The average molecular weight is 474 g/mol. The van der Waals surface area contributed by atoms with Gasteiger partial charge in [0.05, 0.1) is 11.4 Å². The van der Waals surface area contributed by atoms with Crippen molar-refractivity contribution in [1.82, 2.24) is 15.2 Å². The Morgan fingerprint density at radius 3 is 2.70 bits per heavy atom. The van der Waals surface area contributed by atoms with Crippen molar-refractivity contribution in [3.8, 4) is 5.75 Å². The number of fused-ring (bicyclic) bond motifs is 2. The summed E-state index contributed by atoms with van der Waals surface area (Å²) in [7, 11) is 0. The molecule has 0 amide bonds. The number of aromatic hydroxyl groups is 1. The highest BCUT2D eigenvalue weighted by atomic mass is 32.1. The molecule has 3 heterocycles. The standard InChI is InChI=1S/C23H22F3N5OS/c24-23(25,26)22-30-19-20(28-17-3-1-2-4-18(17)29-21(19)33-22)31-12-11-27-15(13-31)8-5-14-6-9-16(32)10-7-14/h1-4,6-7,9-10,15,27,29,32H,5,8,11-13H2/t15-/m0/s1. The van der Waals surface area contributed by atoms with Gasteiger partial charge >= 0.3 is 6.18 Å². The number of para-hydroxylation sites is 2. The van der Waals surface area contributed by atoms with Crippen molar-refractivity contribution in [3.63, 3.8) is 0 Å². The zero-order valence-corrected chi connectivity index (χ0v) is 18.4. The lowest BCUT2D eigenvalue weighted by atomic mass is 10.0. The van der Waals surface area contributed by atoms with E-state index in [1.54, 1.807) is 18.2 Å². The number of hydrogen-bond donors (Lipinski definition) is 3. The molecule has 0 unspecified atom stereocenters. The number of anilines is 2. The smallest absolute Gasteiger partial charge is 0.443 e. The first kappa shape index (κ1) is 21.7. The van der Waals surface area contributed by atoms with Gasteiger partial charge in [0.25, 0.3) is 0 Å².